The highest BCUT2D eigenvalue weighted by Crippen LogP contribution is 2.17. The Morgan fingerprint density at radius 2 is 1.84 bits per heavy atom. The highest BCUT2D eigenvalue weighted by atomic mass is 16.5. The van der Waals surface area contributed by atoms with Crippen molar-refractivity contribution in [1.82, 2.24) is 0 Å². The summed E-state index contributed by atoms with van der Waals surface area (Å²) >= 11 is 0. The van der Waals surface area contributed by atoms with Crippen LogP contribution in [0.25, 0.3) is 0 Å². The lowest BCUT2D eigenvalue weighted by Gasteiger charge is -2.09. The molecule has 0 bridgehead atoms. The van der Waals surface area contributed by atoms with Crippen LogP contribution in [0.2, 0.25) is 0 Å². The summed E-state index contributed by atoms with van der Waals surface area (Å²) in [5, 5.41) is 8.83. The maximum atomic E-state index is 8.83. The van der Waals surface area contributed by atoms with E-state index >= 15 is 0 Å². The molecule has 2 heteroatoms. The molecule has 2 rings (SSSR count). The van der Waals surface area contributed by atoms with Gasteiger partial charge in [-0.1, -0.05) is 25.1 Å². The summed E-state index contributed by atoms with van der Waals surface area (Å²) in [4.78, 5) is 0. The Labute approximate surface area is 114 Å². The molecule has 0 aliphatic heterocycles. The maximum absolute atomic E-state index is 8.83. The van der Waals surface area contributed by atoms with E-state index in [0.717, 1.165) is 23.3 Å². The molecule has 0 amide bonds. The van der Waals surface area contributed by atoms with Gasteiger partial charge in [0.25, 0.3) is 0 Å². The molecule has 2 nitrogen and oxygen atoms in total. The predicted molar refractivity (Wildman–Crippen MR) is 76.0 cm³/mol. The van der Waals surface area contributed by atoms with Gasteiger partial charge in [-0.15, -0.1) is 0 Å². The van der Waals surface area contributed by atoms with Crippen LogP contribution in [0.15, 0.2) is 42.5 Å². The van der Waals surface area contributed by atoms with Crippen LogP contribution < -0.4 is 4.74 Å². The van der Waals surface area contributed by atoms with Gasteiger partial charge in [-0.05, 0) is 54.3 Å². The van der Waals surface area contributed by atoms with Gasteiger partial charge in [-0.3, -0.25) is 0 Å². The molecule has 0 N–H and O–H groups in total. The van der Waals surface area contributed by atoms with Crippen molar-refractivity contribution in [2.75, 3.05) is 0 Å². The molecule has 0 radical (unpaired) electrons. The van der Waals surface area contributed by atoms with Crippen LogP contribution in [0.4, 0.5) is 0 Å². The minimum absolute atomic E-state index is 0.531. The van der Waals surface area contributed by atoms with Gasteiger partial charge in [-0.25, -0.2) is 0 Å². The number of aryl methyl sites for hydroxylation is 2. The lowest BCUT2D eigenvalue weighted by Crippen LogP contribution is -1.98. The van der Waals surface area contributed by atoms with Gasteiger partial charge in [0, 0.05) is 0 Å². The smallest absolute Gasteiger partial charge is 0.119 e. The largest absolute Gasteiger partial charge is 0.489 e. The molecule has 0 aromatic heterocycles. The van der Waals surface area contributed by atoms with E-state index < -0.39 is 0 Å². The Hall–Kier alpha value is -2.27. The Morgan fingerprint density at radius 1 is 1.11 bits per heavy atom. The van der Waals surface area contributed by atoms with Crippen molar-refractivity contribution in [3.8, 4) is 11.8 Å². The summed E-state index contributed by atoms with van der Waals surface area (Å²) in [7, 11) is 0. The van der Waals surface area contributed by atoms with E-state index in [1.54, 1.807) is 0 Å². The molecule has 19 heavy (non-hydrogen) atoms. The summed E-state index contributed by atoms with van der Waals surface area (Å²) in [6.45, 7) is 4.67. The van der Waals surface area contributed by atoms with Crippen molar-refractivity contribution in [3.05, 3.63) is 64.7 Å². The molecule has 0 unspecified atom stereocenters. The molecule has 0 fully saturated rings. The fourth-order valence-electron chi connectivity index (χ4n) is 1.91. The number of benzene rings is 2. The van der Waals surface area contributed by atoms with Crippen molar-refractivity contribution in [2.24, 2.45) is 0 Å². The van der Waals surface area contributed by atoms with Crippen LogP contribution in [0.1, 0.15) is 29.2 Å². The SMILES string of the molecule is CCc1ccc(OCc2ccc(C#N)cc2C)cc1. The van der Waals surface area contributed by atoms with Crippen molar-refractivity contribution in [2.45, 2.75) is 26.9 Å². The Balaban J connectivity index is 2.04. The normalized spacial score (nSPS) is 9.95. The van der Waals surface area contributed by atoms with Gasteiger partial charge in [-0.2, -0.15) is 5.26 Å². The first-order valence-corrected chi connectivity index (χ1v) is 6.44. The van der Waals surface area contributed by atoms with Crippen molar-refractivity contribution in [3.63, 3.8) is 0 Å². The maximum Gasteiger partial charge on any atom is 0.119 e. The second-order valence-electron chi connectivity index (χ2n) is 4.54. The van der Waals surface area contributed by atoms with Crippen LogP contribution in [0, 0.1) is 18.3 Å². The summed E-state index contributed by atoms with van der Waals surface area (Å²) < 4.78 is 5.76. The average Bonchev–Trinajstić information content (AvgIpc) is 2.46. The molecule has 0 heterocycles. The number of hydrogen-bond donors (Lipinski definition) is 0. The number of ether oxygens (including phenoxy) is 1. The van der Waals surface area contributed by atoms with Crippen LogP contribution in [0.3, 0.4) is 0 Å². The van der Waals surface area contributed by atoms with Gasteiger partial charge in [0.05, 0.1) is 11.6 Å². The lowest BCUT2D eigenvalue weighted by atomic mass is 10.1. The molecule has 0 saturated carbocycles. The van der Waals surface area contributed by atoms with Crippen LogP contribution in [-0.2, 0) is 13.0 Å². The van der Waals surface area contributed by atoms with E-state index in [1.807, 2.05) is 37.3 Å². The van der Waals surface area contributed by atoms with Crippen LogP contribution in [0.5, 0.6) is 5.75 Å². The quantitative estimate of drug-likeness (QED) is 0.822. The Morgan fingerprint density at radius 3 is 2.42 bits per heavy atom. The molecular formula is C17H17NO. The second kappa shape index (κ2) is 6.06. The number of hydrogen-bond acceptors (Lipinski definition) is 2. The highest BCUT2D eigenvalue weighted by Gasteiger charge is 2.01. The van der Waals surface area contributed by atoms with E-state index in [2.05, 4.69) is 25.1 Å². The molecule has 0 atom stereocenters. The first-order valence-electron chi connectivity index (χ1n) is 6.44. The molecule has 0 saturated heterocycles. The number of rotatable bonds is 4. The van der Waals surface area contributed by atoms with E-state index in [9.17, 15) is 0 Å². The van der Waals surface area contributed by atoms with Gasteiger partial charge in [0.2, 0.25) is 0 Å². The van der Waals surface area contributed by atoms with Crippen LogP contribution in [-0.4, -0.2) is 0 Å². The van der Waals surface area contributed by atoms with Gasteiger partial charge >= 0.3 is 0 Å². The topological polar surface area (TPSA) is 33.0 Å². The highest BCUT2D eigenvalue weighted by molar-refractivity contribution is 5.37. The zero-order valence-corrected chi connectivity index (χ0v) is 11.3. The minimum atomic E-state index is 0.531. The third-order valence-electron chi connectivity index (χ3n) is 3.20. The molecule has 0 spiro atoms. The van der Waals surface area contributed by atoms with Crippen molar-refractivity contribution in [1.29, 1.82) is 5.26 Å². The Kier molecular flexibility index (Phi) is 4.20. The fourth-order valence-corrected chi connectivity index (χ4v) is 1.91. The Bertz CT molecular complexity index is 594. The summed E-state index contributed by atoms with van der Waals surface area (Å²) in [5.41, 5.74) is 4.19. The molecule has 0 aliphatic rings. The predicted octanol–water partition coefficient (Wildman–Crippen LogP) is 4.01. The van der Waals surface area contributed by atoms with E-state index in [-0.39, 0.29) is 0 Å². The fraction of sp³-hybridized carbons (Fsp3) is 0.235. The van der Waals surface area contributed by atoms with Gasteiger partial charge < -0.3 is 4.74 Å². The van der Waals surface area contributed by atoms with Gasteiger partial charge in [0.15, 0.2) is 0 Å². The third kappa shape index (κ3) is 3.35. The van der Waals surface area contributed by atoms with E-state index in [0.29, 0.717) is 12.2 Å². The molecule has 0 aliphatic carbocycles. The van der Waals surface area contributed by atoms with Crippen LogP contribution >= 0.6 is 0 Å². The summed E-state index contributed by atoms with van der Waals surface area (Å²) in [6, 6.07) is 16.0. The molecule has 96 valence electrons. The zero-order chi connectivity index (χ0) is 13.7. The molecule has 2 aromatic carbocycles. The zero-order valence-electron chi connectivity index (χ0n) is 11.3. The van der Waals surface area contributed by atoms with Crippen molar-refractivity contribution >= 4 is 0 Å². The number of nitriles is 1. The monoisotopic (exact) mass is 251 g/mol. The van der Waals surface area contributed by atoms with Gasteiger partial charge in [0.1, 0.15) is 12.4 Å². The number of nitrogens with zero attached hydrogens (tertiary/aromatic N) is 1. The lowest BCUT2D eigenvalue weighted by molar-refractivity contribution is 0.305. The summed E-state index contributed by atoms with van der Waals surface area (Å²) in [5.74, 6) is 0.876. The minimum Gasteiger partial charge on any atom is -0.489 e. The average molecular weight is 251 g/mol. The van der Waals surface area contributed by atoms with E-state index in [4.69, 9.17) is 10.00 Å². The first kappa shape index (κ1) is 13.2. The molecular weight excluding hydrogens is 234 g/mol. The summed E-state index contributed by atoms with van der Waals surface area (Å²) in [6.07, 6.45) is 1.04. The third-order valence-corrected chi connectivity index (χ3v) is 3.20. The second-order valence-corrected chi connectivity index (χ2v) is 4.54. The standard InChI is InChI=1S/C17H17NO/c1-3-14-5-8-17(9-6-14)19-12-16-7-4-15(11-18)10-13(16)2/h4-10H,3,12H2,1-2H3. The van der Waals surface area contributed by atoms with Crippen molar-refractivity contribution < 1.29 is 4.74 Å². The molecule has 2 aromatic rings. The van der Waals surface area contributed by atoms with E-state index in [1.165, 1.54) is 5.56 Å². The first-order chi connectivity index (χ1) is 9.22.